The van der Waals surface area contributed by atoms with Crippen molar-refractivity contribution in [3.63, 3.8) is 0 Å². The Morgan fingerprint density at radius 2 is 1.86 bits per heavy atom. The molecule has 1 fully saturated rings. The molecular formula is C22H30N2O4. The van der Waals surface area contributed by atoms with Crippen molar-refractivity contribution in [2.75, 3.05) is 46.4 Å². The summed E-state index contributed by atoms with van der Waals surface area (Å²) in [5, 5.41) is 18.8. The summed E-state index contributed by atoms with van der Waals surface area (Å²) >= 11 is 0. The van der Waals surface area contributed by atoms with Crippen LogP contribution in [-0.2, 0) is 9.59 Å². The number of aliphatic hydroxyl groups excluding tert-OH is 2. The molecule has 0 radical (unpaired) electrons. The lowest BCUT2D eigenvalue weighted by Gasteiger charge is -2.23. The second kappa shape index (κ2) is 9.45. The first kappa shape index (κ1) is 20.7. The fourth-order valence-corrected chi connectivity index (χ4v) is 4.35. The zero-order chi connectivity index (χ0) is 20.1. The van der Waals surface area contributed by atoms with Crippen LogP contribution in [0.1, 0.15) is 24.8 Å². The lowest BCUT2D eigenvalue weighted by molar-refractivity contribution is -0.130. The molecule has 0 aromatic heterocycles. The Morgan fingerprint density at radius 3 is 2.54 bits per heavy atom. The third kappa shape index (κ3) is 4.69. The molecule has 152 valence electrons. The summed E-state index contributed by atoms with van der Waals surface area (Å²) in [5.41, 5.74) is 2.67. The van der Waals surface area contributed by atoms with E-state index in [2.05, 4.69) is 0 Å². The van der Waals surface area contributed by atoms with Crippen molar-refractivity contribution in [1.82, 2.24) is 9.80 Å². The van der Waals surface area contributed by atoms with E-state index in [9.17, 15) is 14.7 Å². The Morgan fingerprint density at radius 1 is 1.14 bits per heavy atom. The van der Waals surface area contributed by atoms with Crippen molar-refractivity contribution < 1.29 is 19.8 Å². The average Bonchev–Trinajstić information content (AvgIpc) is 3.26. The van der Waals surface area contributed by atoms with Crippen LogP contribution in [0, 0.1) is 11.8 Å². The van der Waals surface area contributed by atoms with E-state index in [1.165, 1.54) is 0 Å². The van der Waals surface area contributed by atoms with Crippen molar-refractivity contribution >= 4 is 17.3 Å². The molecule has 0 spiro atoms. The maximum atomic E-state index is 12.9. The molecule has 2 N–H and O–H groups in total. The van der Waals surface area contributed by atoms with Crippen LogP contribution in [0.2, 0.25) is 0 Å². The molecule has 2 atom stereocenters. The number of nitrogens with zero attached hydrogens (tertiary/aromatic N) is 2. The van der Waals surface area contributed by atoms with Gasteiger partial charge >= 0.3 is 0 Å². The van der Waals surface area contributed by atoms with Gasteiger partial charge in [0.25, 0.3) is 0 Å². The molecule has 1 aromatic carbocycles. The van der Waals surface area contributed by atoms with Gasteiger partial charge < -0.3 is 20.0 Å². The number of benzene rings is 1. The Kier molecular flexibility index (Phi) is 6.99. The summed E-state index contributed by atoms with van der Waals surface area (Å²) in [7, 11) is 1.93. The van der Waals surface area contributed by atoms with Gasteiger partial charge in [0.15, 0.2) is 5.78 Å². The van der Waals surface area contributed by atoms with Gasteiger partial charge in [-0.1, -0.05) is 30.3 Å². The summed E-state index contributed by atoms with van der Waals surface area (Å²) in [6.45, 7) is 2.54. The molecule has 2 aliphatic rings. The molecule has 0 bridgehead atoms. The number of hydrogen-bond acceptors (Lipinski definition) is 5. The van der Waals surface area contributed by atoms with E-state index in [1.54, 1.807) is 4.90 Å². The number of likely N-dealkylation sites (N-methyl/N-ethyl adjacent to an activating group) is 1. The van der Waals surface area contributed by atoms with E-state index >= 15 is 0 Å². The quantitative estimate of drug-likeness (QED) is 0.701. The Hall–Kier alpha value is -2.02. The maximum absolute atomic E-state index is 12.9. The summed E-state index contributed by atoms with van der Waals surface area (Å²) in [6, 6.07) is 9.82. The van der Waals surface area contributed by atoms with Crippen LogP contribution < -0.4 is 0 Å². The Balaban J connectivity index is 1.69. The highest BCUT2D eigenvalue weighted by Gasteiger charge is 2.36. The van der Waals surface area contributed by atoms with E-state index in [-0.39, 0.29) is 43.2 Å². The molecule has 0 unspecified atom stereocenters. The largest absolute Gasteiger partial charge is 0.396 e. The molecule has 1 aliphatic heterocycles. The minimum atomic E-state index is -0.0376. The van der Waals surface area contributed by atoms with E-state index in [4.69, 9.17) is 5.11 Å². The van der Waals surface area contributed by atoms with Crippen LogP contribution in [0.25, 0.3) is 5.57 Å². The molecule has 1 aromatic rings. The van der Waals surface area contributed by atoms with Gasteiger partial charge in [-0.05, 0) is 30.5 Å². The molecule has 6 nitrogen and oxygen atoms in total. The van der Waals surface area contributed by atoms with Gasteiger partial charge in [0.05, 0.1) is 13.0 Å². The van der Waals surface area contributed by atoms with Crippen molar-refractivity contribution in [2.45, 2.75) is 19.3 Å². The molecule has 1 heterocycles. The van der Waals surface area contributed by atoms with E-state index in [0.717, 1.165) is 17.7 Å². The number of Topliss-reactive ketones (excluding diaryl/α,β-unsaturated/α-hetero) is 1. The van der Waals surface area contributed by atoms with E-state index in [0.29, 0.717) is 38.0 Å². The standard InChI is InChI=1S/C22H30N2O4/c1-23(9-10-25)12-17-13-24(14-18(17)15-26)22(28)11-20-19(7-8-21(20)27)16-5-3-2-4-6-16/h2-6,17-18,25-26H,7-15H2,1H3/t17-,18-/m1/s1. The van der Waals surface area contributed by atoms with Crippen LogP contribution in [0.5, 0.6) is 0 Å². The minimum Gasteiger partial charge on any atom is -0.396 e. The summed E-state index contributed by atoms with van der Waals surface area (Å²) in [4.78, 5) is 29.2. The van der Waals surface area contributed by atoms with Crippen molar-refractivity contribution in [3.05, 3.63) is 41.5 Å². The van der Waals surface area contributed by atoms with E-state index < -0.39 is 0 Å². The van der Waals surface area contributed by atoms with Gasteiger partial charge in [-0.15, -0.1) is 0 Å². The number of carbonyl (C=O) groups excluding carboxylic acids is 2. The molecule has 6 heteroatoms. The third-order valence-electron chi connectivity index (χ3n) is 5.94. The number of rotatable bonds is 8. The minimum absolute atomic E-state index is 0.0342. The first-order valence-electron chi connectivity index (χ1n) is 10.0. The molecule has 3 rings (SSSR count). The van der Waals surface area contributed by atoms with Gasteiger partial charge in [-0.3, -0.25) is 9.59 Å². The summed E-state index contributed by atoms with van der Waals surface area (Å²) in [5.74, 6) is 0.244. The number of allylic oxidation sites excluding steroid dienone is 1. The highest BCUT2D eigenvalue weighted by atomic mass is 16.3. The van der Waals surface area contributed by atoms with Gasteiger partial charge in [-0.2, -0.15) is 0 Å². The Bertz CT molecular complexity index is 731. The average molecular weight is 386 g/mol. The highest BCUT2D eigenvalue weighted by Crippen LogP contribution is 2.34. The number of aliphatic hydroxyl groups is 2. The van der Waals surface area contributed by atoms with Gasteiger partial charge in [0, 0.05) is 50.7 Å². The number of hydrogen-bond donors (Lipinski definition) is 2. The monoisotopic (exact) mass is 386 g/mol. The smallest absolute Gasteiger partial charge is 0.227 e. The molecule has 28 heavy (non-hydrogen) atoms. The molecule has 1 saturated heterocycles. The summed E-state index contributed by atoms with van der Waals surface area (Å²) < 4.78 is 0. The molecular weight excluding hydrogens is 356 g/mol. The van der Waals surface area contributed by atoms with Crippen molar-refractivity contribution in [2.24, 2.45) is 11.8 Å². The zero-order valence-electron chi connectivity index (χ0n) is 16.5. The zero-order valence-corrected chi connectivity index (χ0v) is 16.5. The lowest BCUT2D eigenvalue weighted by atomic mass is 9.96. The van der Waals surface area contributed by atoms with Crippen LogP contribution >= 0.6 is 0 Å². The second-order valence-electron chi connectivity index (χ2n) is 7.91. The fourth-order valence-electron chi connectivity index (χ4n) is 4.35. The molecule has 1 aliphatic carbocycles. The predicted molar refractivity (Wildman–Crippen MR) is 107 cm³/mol. The normalized spacial score (nSPS) is 22.6. The second-order valence-corrected chi connectivity index (χ2v) is 7.91. The van der Waals surface area contributed by atoms with Crippen molar-refractivity contribution in [3.8, 4) is 0 Å². The van der Waals surface area contributed by atoms with Crippen molar-refractivity contribution in [1.29, 1.82) is 0 Å². The Labute approximate surface area is 166 Å². The van der Waals surface area contributed by atoms with Gasteiger partial charge in [-0.25, -0.2) is 0 Å². The van der Waals surface area contributed by atoms with Gasteiger partial charge in [0.2, 0.25) is 5.91 Å². The topological polar surface area (TPSA) is 81.1 Å². The maximum Gasteiger partial charge on any atom is 0.227 e. The third-order valence-corrected chi connectivity index (χ3v) is 5.94. The van der Waals surface area contributed by atoms with E-state index in [1.807, 2.05) is 42.3 Å². The first-order chi connectivity index (χ1) is 13.5. The fraction of sp³-hybridized carbons (Fsp3) is 0.545. The van der Waals surface area contributed by atoms with Crippen LogP contribution in [-0.4, -0.2) is 78.1 Å². The van der Waals surface area contributed by atoms with Crippen LogP contribution in [0.15, 0.2) is 35.9 Å². The number of likely N-dealkylation sites (tertiary alicyclic amines) is 1. The van der Waals surface area contributed by atoms with Crippen LogP contribution in [0.4, 0.5) is 0 Å². The SMILES string of the molecule is CN(CCO)C[C@@H]1CN(C(=O)CC2=C(c3ccccc3)CCC2=O)C[C@@H]1CO. The highest BCUT2D eigenvalue weighted by molar-refractivity contribution is 6.10. The summed E-state index contributed by atoms with van der Waals surface area (Å²) in [6.07, 6.45) is 1.31. The predicted octanol–water partition coefficient (Wildman–Crippen LogP) is 1.18. The van der Waals surface area contributed by atoms with Gasteiger partial charge in [0.1, 0.15) is 0 Å². The van der Waals surface area contributed by atoms with Crippen LogP contribution in [0.3, 0.4) is 0 Å². The first-order valence-corrected chi connectivity index (χ1v) is 10.0. The number of ketones is 1. The number of amides is 1. The molecule has 1 amide bonds. The molecule has 0 saturated carbocycles. The lowest BCUT2D eigenvalue weighted by Crippen LogP contribution is -2.33. The number of carbonyl (C=O) groups is 2.